The van der Waals surface area contributed by atoms with Crippen molar-refractivity contribution in [3.8, 4) is 5.75 Å². The fourth-order valence-corrected chi connectivity index (χ4v) is 4.31. The van der Waals surface area contributed by atoms with Crippen molar-refractivity contribution < 1.29 is 32.3 Å². The Morgan fingerprint density at radius 3 is 2.74 bits per heavy atom. The quantitative estimate of drug-likeness (QED) is 0.251. The van der Waals surface area contributed by atoms with Gasteiger partial charge >= 0.3 is 11.9 Å². The van der Waals surface area contributed by atoms with E-state index in [2.05, 4.69) is 5.16 Å². The van der Waals surface area contributed by atoms with Crippen LogP contribution < -0.4 is 4.74 Å². The molecule has 0 aliphatic heterocycles. The average Bonchev–Trinajstić information content (AvgIpc) is 3.43. The largest absolute Gasteiger partial charge is 0.493 e. The minimum absolute atomic E-state index is 0.0500. The van der Waals surface area contributed by atoms with E-state index in [1.165, 1.54) is 12.1 Å². The number of rotatable bonds is 10. The number of nitrogens with zero attached hydrogens (tertiary/aromatic N) is 2. The second-order valence-electron chi connectivity index (χ2n) is 7.91. The Kier molecular flexibility index (Phi) is 6.74. The van der Waals surface area contributed by atoms with Crippen LogP contribution in [-0.4, -0.2) is 34.1 Å². The molecule has 0 aliphatic rings. The van der Waals surface area contributed by atoms with Crippen LogP contribution in [0.1, 0.15) is 41.4 Å². The number of benzene rings is 2. The van der Waals surface area contributed by atoms with Crippen molar-refractivity contribution in [2.75, 3.05) is 13.3 Å². The minimum atomic E-state index is -3.72. The molecule has 0 radical (unpaired) electrons. The van der Waals surface area contributed by atoms with Crippen LogP contribution in [0.4, 0.5) is 13.2 Å². The lowest BCUT2D eigenvalue weighted by atomic mass is 10.0. The monoisotopic (exact) mass is 494 g/mol. The number of carboxylic acids is 1. The zero-order chi connectivity index (χ0) is 24.5. The van der Waals surface area contributed by atoms with Crippen molar-refractivity contribution >= 4 is 39.4 Å². The van der Waals surface area contributed by atoms with E-state index >= 15 is 0 Å². The molecule has 4 aromatic rings. The maximum absolute atomic E-state index is 13.9. The second kappa shape index (κ2) is 9.58. The summed E-state index contributed by atoms with van der Waals surface area (Å²) in [6, 6.07) is 7.96. The summed E-state index contributed by atoms with van der Waals surface area (Å²) in [5.74, 6) is -4.29. The fourth-order valence-electron chi connectivity index (χ4n) is 4.00. The minimum Gasteiger partial charge on any atom is -0.493 e. The molecule has 0 spiro atoms. The van der Waals surface area contributed by atoms with Crippen LogP contribution in [-0.2, 0) is 18.9 Å². The number of aromatic carboxylic acids is 1. The van der Waals surface area contributed by atoms with Crippen molar-refractivity contribution in [2.45, 2.75) is 38.7 Å². The molecule has 34 heavy (non-hydrogen) atoms. The highest BCUT2D eigenvalue weighted by Gasteiger charge is 2.38. The Labute approximate surface area is 197 Å². The van der Waals surface area contributed by atoms with Gasteiger partial charge in [-0.1, -0.05) is 30.1 Å². The van der Waals surface area contributed by atoms with E-state index in [1.54, 1.807) is 18.2 Å². The summed E-state index contributed by atoms with van der Waals surface area (Å²) < 4.78 is 53.6. The van der Waals surface area contributed by atoms with E-state index in [-0.39, 0.29) is 21.6 Å². The third-order valence-electron chi connectivity index (χ3n) is 5.63. The first kappa shape index (κ1) is 23.9. The van der Waals surface area contributed by atoms with Gasteiger partial charge in [0.05, 0.1) is 22.6 Å². The highest BCUT2D eigenvalue weighted by atomic mass is 35.5. The molecule has 180 valence electrons. The Morgan fingerprint density at radius 1 is 1.24 bits per heavy atom. The van der Waals surface area contributed by atoms with Crippen LogP contribution in [0.3, 0.4) is 0 Å². The Bertz CT molecular complexity index is 1350. The smallest absolute Gasteiger partial charge is 0.337 e. The summed E-state index contributed by atoms with van der Waals surface area (Å²) in [4.78, 5) is 11.3. The SMILES string of the molecule is CCCc1c(OCCCn2ccc3c(Cl)c(C(=O)O)ccc32)ccc2c(C(F)(F)CF)noc12. The van der Waals surface area contributed by atoms with Gasteiger partial charge in [-0.2, -0.15) is 8.78 Å². The highest BCUT2D eigenvalue weighted by Crippen LogP contribution is 2.38. The van der Waals surface area contributed by atoms with Gasteiger partial charge in [-0.25, -0.2) is 9.18 Å². The molecule has 0 bridgehead atoms. The first-order valence-electron chi connectivity index (χ1n) is 10.8. The van der Waals surface area contributed by atoms with Crippen LogP contribution in [0.5, 0.6) is 5.75 Å². The van der Waals surface area contributed by atoms with E-state index < -0.39 is 24.3 Å². The molecule has 10 heteroatoms. The van der Waals surface area contributed by atoms with Gasteiger partial charge in [0.1, 0.15) is 5.75 Å². The topological polar surface area (TPSA) is 77.5 Å². The molecule has 2 aromatic heterocycles. The Hall–Kier alpha value is -3.20. The first-order chi connectivity index (χ1) is 16.3. The molecule has 0 unspecified atom stereocenters. The van der Waals surface area contributed by atoms with E-state index in [0.29, 0.717) is 42.7 Å². The summed E-state index contributed by atoms with van der Waals surface area (Å²) in [5, 5.41) is 13.6. The van der Waals surface area contributed by atoms with E-state index in [1.807, 2.05) is 17.7 Å². The molecule has 0 saturated carbocycles. The van der Waals surface area contributed by atoms with Crippen LogP contribution >= 0.6 is 11.6 Å². The van der Waals surface area contributed by atoms with Gasteiger partial charge in [0.25, 0.3) is 0 Å². The number of hydrogen-bond donors (Lipinski definition) is 1. The average molecular weight is 495 g/mol. The number of hydrogen-bond acceptors (Lipinski definition) is 4. The summed E-state index contributed by atoms with van der Waals surface area (Å²) >= 11 is 6.22. The molecule has 0 saturated heterocycles. The molecule has 4 rings (SSSR count). The maximum atomic E-state index is 13.9. The highest BCUT2D eigenvalue weighted by molar-refractivity contribution is 6.38. The van der Waals surface area contributed by atoms with Gasteiger partial charge in [0.2, 0.25) is 0 Å². The number of ether oxygens (including phenoxy) is 1. The molecule has 2 heterocycles. The number of carbonyl (C=O) groups is 1. The standard InChI is InChI=1S/C24H22ClF3N2O4/c1-2-4-15-19(8-6-17-21(15)34-29-22(17)24(27,28)13-26)33-12-3-10-30-11-9-14-18(30)7-5-16(20(14)25)23(31)32/h5-9,11H,2-4,10,12-13H2,1H3,(H,31,32). The van der Waals surface area contributed by atoms with Gasteiger partial charge in [-0.3, -0.25) is 0 Å². The lowest BCUT2D eigenvalue weighted by molar-refractivity contribution is -0.0332. The fraction of sp³-hybridized carbons (Fsp3) is 0.333. The van der Waals surface area contributed by atoms with Crippen LogP contribution in [0.25, 0.3) is 21.9 Å². The van der Waals surface area contributed by atoms with E-state index in [0.717, 1.165) is 11.9 Å². The number of aromatic nitrogens is 2. The zero-order valence-corrected chi connectivity index (χ0v) is 19.0. The van der Waals surface area contributed by atoms with Crippen LogP contribution in [0.2, 0.25) is 5.02 Å². The second-order valence-corrected chi connectivity index (χ2v) is 8.29. The van der Waals surface area contributed by atoms with Crippen molar-refractivity contribution in [3.63, 3.8) is 0 Å². The molecule has 1 N–H and O–H groups in total. The summed E-state index contributed by atoms with van der Waals surface area (Å²) in [5.41, 5.74) is 0.952. The number of aryl methyl sites for hydroxylation is 2. The third kappa shape index (κ3) is 4.32. The summed E-state index contributed by atoms with van der Waals surface area (Å²) in [7, 11) is 0. The van der Waals surface area contributed by atoms with Gasteiger partial charge in [0, 0.05) is 29.2 Å². The van der Waals surface area contributed by atoms with Crippen molar-refractivity contribution in [1.29, 1.82) is 0 Å². The lowest BCUT2D eigenvalue weighted by Crippen LogP contribution is -2.16. The molecule has 0 atom stereocenters. The normalized spacial score (nSPS) is 12.0. The number of alkyl halides is 3. The summed E-state index contributed by atoms with van der Waals surface area (Å²) in [6.45, 7) is 1.01. The molecular formula is C24H22ClF3N2O4. The predicted octanol–water partition coefficient (Wildman–Crippen LogP) is 6.62. The van der Waals surface area contributed by atoms with Crippen molar-refractivity contribution in [2.24, 2.45) is 0 Å². The Balaban J connectivity index is 1.49. The van der Waals surface area contributed by atoms with E-state index in [4.69, 9.17) is 20.9 Å². The third-order valence-corrected chi connectivity index (χ3v) is 6.04. The van der Waals surface area contributed by atoms with Crippen LogP contribution in [0, 0.1) is 0 Å². The molecule has 0 amide bonds. The van der Waals surface area contributed by atoms with Gasteiger partial charge in [-0.15, -0.1) is 0 Å². The van der Waals surface area contributed by atoms with Crippen molar-refractivity contribution in [1.82, 2.24) is 9.72 Å². The maximum Gasteiger partial charge on any atom is 0.337 e. The number of fused-ring (bicyclic) bond motifs is 2. The molecule has 0 aliphatic carbocycles. The number of halogens is 4. The molecule has 6 nitrogen and oxygen atoms in total. The number of carboxylic acid groups (broad SMARTS) is 1. The van der Waals surface area contributed by atoms with Gasteiger partial charge in [-0.05, 0) is 43.2 Å². The van der Waals surface area contributed by atoms with Gasteiger partial charge < -0.3 is 18.9 Å². The zero-order valence-electron chi connectivity index (χ0n) is 18.3. The van der Waals surface area contributed by atoms with Gasteiger partial charge in [0.15, 0.2) is 18.0 Å². The first-order valence-corrected chi connectivity index (χ1v) is 11.1. The summed E-state index contributed by atoms with van der Waals surface area (Å²) in [6.07, 6.45) is 3.69. The molecular weight excluding hydrogens is 473 g/mol. The Morgan fingerprint density at radius 2 is 2.03 bits per heavy atom. The molecule has 2 aromatic carbocycles. The van der Waals surface area contributed by atoms with Crippen LogP contribution in [0.15, 0.2) is 41.1 Å². The van der Waals surface area contributed by atoms with E-state index in [9.17, 15) is 23.1 Å². The lowest BCUT2D eigenvalue weighted by Gasteiger charge is -2.13. The molecule has 0 fully saturated rings. The van der Waals surface area contributed by atoms with Crippen molar-refractivity contribution in [3.05, 3.63) is 58.4 Å². The predicted molar refractivity (Wildman–Crippen MR) is 122 cm³/mol.